The van der Waals surface area contributed by atoms with Crippen molar-refractivity contribution in [2.24, 2.45) is 10.9 Å². The van der Waals surface area contributed by atoms with Crippen LogP contribution in [0.2, 0.25) is 0 Å². The van der Waals surface area contributed by atoms with Gasteiger partial charge in [-0.05, 0) is 18.1 Å². The number of furan rings is 1. The van der Waals surface area contributed by atoms with Gasteiger partial charge in [-0.2, -0.15) is 0 Å². The lowest BCUT2D eigenvalue weighted by molar-refractivity contribution is 0.507. The van der Waals surface area contributed by atoms with E-state index in [1.807, 2.05) is 23.9 Å². The highest BCUT2D eigenvalue weighted by atomic mass is 32.2. The highest BCUT2D eigenvalue weighted by Gasteiger charge is 2.21. The first-order valence-corrected chi connectivity index (χ1v) is 6.61. The summed E-state index contributed by atoms with van der Waals surface area (Å²) < 4.78 is 5.27. The Morgan fingerprint density at radius 2 is 2.50 bits per heavy atom. The van der Waals surface area contributed by atoms with Gasteiger partial charge in [0.25, 0.3) is 0 Å². The van der Waals surface area contributed by atoms with Crippen molar-refractivity contribution in [2.75, 3.05) is 13.1 Å². The normalized spacial score (nSPS) is 20.2. The largest absolute Gasteiger partial charge is 0.469 e. The third-order valence-electron chi connectivity index (χ3n) is 2.65. The van der Waals surface area contributed by atoms with Crippen LogP contribution in [0.15, 0.2) is 27.8 Å². The van der Waals surface area contributed by atoms with E-state index in [0.29, 0.717) is 11.2 Å². The van der Waals surface area contributed by atoms with E-state index in [2.05, 4.69) is 24.2 Å². The zero-order chi connectivity index (χ0) is 11.4. The van der Waals surface area contributed by atoms with Crippen molar-refractivity contribution in [1.82, 2.24) is 5.32 Å². The smallest absolute Gasteiger partial charge is 0.156 e. The Balaban J connectivity index is 1.68. The Kier molecular flexibility index (Phi) is 3.93. The van der Waals surface area contributed by atoms with Gasteiger partial charge in [0, 0.05) is 18.2 Å². The SMILES string of the molecule is CC(C)C1CN=C(NCCc2ccco2)S1. The molecule has 1 aliphatic rings. The van der Waals surface area contributed by atoms with Crippen LogP contribution >= 0.6 is 11.8 Å². The van der Waals surface area contributed by atoms with Crippen LogP contribution in [0.3, 0.4) is 0 Å². The molecule has 0 radical (unpaired) electrons. The van der Waals surface area contributed by atoms with Crippen molar-refractivity contribution < 1.29 is 4.42 Å². The van der Waals surface area contributed by atoms with Gasteiger partial charge >= 0.3 is 0 Å². The Morgan fingerprint density at radius 1 is 1.62 bits per heavy atom. The van der Waals surface area contributed by atoms with E-state index in [1.54, 1.807) is 6.26 Å². The van der Waals surface area contributed by atoms with Gasteiger partial charge in [0.05, 0.1) is 12.8 Å². The second kappa shape index (κ2) is 5.43. The maximum atomic E-state index is 5.27. The number of thioether (sulfide) groups is 1. The molecule has 1 aromatic heterocycles. The number of rotatable bonds is 4. The average molecular weight is 238 g/mol. The lowest BCUT2D eigenvalue weighted by atomic mass is 10.1. The number of amidine groups is 1. The summed E-state index contributed by atoms with van der Waals surface area (Å²) in [6, 6.07) is 3.92. The van der Waals surface area contributed by atoms with E-state index in [-0.39, 0.29) is 0 Å². The first-order chi connectivity index (χ1) is 7.75. The van der Waals surface area contributed by atoms with Crippen LogP contribution in [0.5, 0.6) is 0 Å². The van der Waals surface area contributed by atoms with E-state index in [0.717, 1.165) is 30.4 Å². The molecule has 0 saturated carbocycles. The summed E-state index contributed by atoms with van der Waals surface area (Å²) in [5.74, 6) is 1.72. The maximum absolute atomic E-state index is 5.27. The van der Waals surface area contributed by atoms with Gasteiger partial charge in [0.1, 0.15) is 5.76 Å². The monoisotopic (exact) mass is 238 g/mol. The molecule has 1 unspecified atom stereocenters. The van der Waals surface area contributed by atoms with Crippen LogP contribution in [0, 0.1) is 5.92 Å². The standard InChI is InChI=1S/C12H18N2OS/c1-9(2)11-8-14-12(16-11)13-6-5-10-4-3-7-15-10/h3-4,7,9,11H,5-6,8H2,1-2H3,(H,13,14). The molecular formula is C12H18N2OS. The summed E-state index contributed by atoms with van der Waals surface area (Å²) >= 11 is 1.86. The van der Waals surface area contributed by atoms with Crippen molar-refractivity contribution >= 4 is 16.9 Å². The first kappa shape index (κ1) is 11.6. The topological polar surface area (TPSA) is 37.5 Å². The van der Waals surface area contributed by atoms with E-state index in [1.165, 1.54) is 0 Å². The summed E-state index contributed by atoms with van der Waals surface area (Å²) in [4.78, 5) is 4.50. The van der Waals surface area contributed by atoms with Gasteiger partial charge in [-0.3, -0.25) is 4.99 Å². The number of nitrogens with one attached hydrogen (secondary N) is 1. The van der Waals surface area contributed by atoms with Crippen molar-refractivity contribution in [2.45, 2.75) is 25.5 Å². The number of hydrogen-bond acceptors (Lipinski definition) is 4. The molecular weight excluding hydrogens is 220 g/mol. The third-order valence-corrected chi connectivity index (χ3v) is 4.14. The molecule has 4 heteroatoms. The fraction of sp³-hybridized carbons (Fsp3) is 0.583. The first-order valence-electron chi connectivity index (χ1n) is 5.73. The number of nitrogens with zero attached hydrogens (tertiary/aromatic N) is 1. The molecule has 0 aliphatic carbocycles. The lowest BCUT2D eigenvalue weighted by Crippen LogP contribution is -2.22. The Hall–Kier alpha value is -0.900. The second-order valence-corrected chi connectivity index (χ2v) is 5.53. The molecule has 2 heterocycles. The zero-order valence-electron chi connectivity index (χ0n) is 9.77. The molecule has 16 heavy (non-hydrogen) atoms. The molecule has 0 aromatic carbocycles. The predicted octanol–water partition coefficient (Wildman–Crippen LogP) is 2.54. The summed E-state index contributed by atoms with van der Waals surface area (Å²) in [7, 11) is 0. The van der Waals surface area contributed by atoms with Crippen LogP contribution in [0.1, 0.15) is 19.6 Å². The molecule has 0 amide bonds. The zero-order valence-corrected chi connectivity index (χ0v) is 10.6. The Morgan fingerprint density at radius 3 is 3.12 bits per heavy atom. The minimum absolute atomic E-state index is 0.645. The van der Waals surface area contributed by atoms with Crippen LogP contribution in [-0.2, 0) is 6.42 Å². The van der Waals surface area contributed by atoms with Gasteiger partial charge in [0.15, 0.2) is 5.17 Å². The molecule has 1 atom stereocenters. The van der Waals surface area contributed by atoms with Crippen LogP contribution in [0.4, 0.5) is 0 Å². The summed E-state index contributed by atoms with van der Waals surface area (Å²) in [6.45, 7) is 6.34. The molecule has 3 nitrogen and oxygen atoms in total. The highest BCUT2D eigenvalue weighted by Crippen LogP contribution is 2.25. The predicted molar refractivity (Wildman–Crippen MR) is 68.9 cm³/mol. The molecule has 1 aliphatic heterocycles. The van der Waals surface area contributed by atoms with Gasteiger partial charge in [-0.1, -0.05) is 25.6 Å². The minimum Gasteiger partial charge on any atom is -0.469 e. The number of aliphatic imine (C=N–C) groups is 1. The summed E-state index contributed by atoms with van der Waals surface area (Å²) in [6.07, 6.45) is 2.63. The number of hydrogen-bond donors (Lipinski definition) is 1. The van der Waals surface area contributed by atoms with Gasteiger partial charge in [-0.15, -0.1) is 0 Å². The Labute approximate surface area is 101 Å². The fourth-order valence-electron chi connectivity index (χ4n) is 1.58. The van der Waals surface area contributed by atoms with Crippen molar-refractivity contribution in [3.63, 3.8) is 0 Å². The van der Waals surface area contributed by atoms with Crippen molar-refractivity contribution in [1.29, 1.82) is 0 Å². The summed E-state index contributed by atoms with van der Waals surface area (Å²) in [5, 5.41) is 5.09. The summed E-state index contributed by atoms with van der Waals surface area (Å²) in [5.41, 5.74) is 0. The average Bonchev–Trinajstić information content (AvgIpc) is 2.87. The van der Waals surface area contributed by atoms with Crippen molar-refractivity contribution in [3.8, 4) is 0 Å². The Bertz CT molecular complexity index is 346. The molecule has 88 valence electrons. The molecule has 0 spiro atoms. The lowest BCUT2D eigenvalue weighted by Gasteiger charge is -2.11. The fourth-order valence-corrected chi connectivity index (χ4v) is 2.63. The van der Waals surface area contributed by atoms with E-state index in [4.69, 9.17) is 4.42 Å². The van der Waals surface area contributed by atoms with E-state index in [9.17, 15) is 0 Å². The van der Waals surface area contributed by atoms with Crippen molar-refractivity contribution in [3.05, 3.63) is 24.2 Å². The molecule has 0 saturated heterocycles. The molecule has 1 aromatic rings. The van der Waals surface area contributed by atoms with Gasteiger partial charge < -0.3 is 9.73 Å². The second-order valence-electron chi connectivity index (χ2n) is 4.30. The van der Waals surface area contributed by atoms with E-state index >= 15 is 0 Å². The molecule has 2 rings (SSSR count). The van der Waals surface area contributed by atoms with Crippen LogP contribution in [-0.4, -0.2) is 23.5 Å². The molecule has 0 fully saturated rings. The third kappa shape index (κ3) is 3.04. The highest BCUT2D eigenvalue weighted by molar-refractivity contribution is 8.14. The maximum Gasteiger partial charge on any atom is 0.156 e. The van der Waals surface area contributed by atoms with Gasteiger partial charge in [0.2, 0.25) is 0 Å². The van der Waals surface area contributed by atoms with Gasteiger partial charge in [-0.25, -0.2) is 0 Å². The van der Waals surface area contributed by atoms with E-state index < -0.39 is 0 Å². The molecule has 1 N–H and O–H groups in total. The minimum atomic E-state index is 0.645. The van der Waals surface area contributed by atoms with Crippen LogP contribution < -0.4 is 5.32 Å². The quantitative estimate of drug-likeness (QED) is 0.876. The van der Waals surface area contributed by atoms with Crippen LogP contribution in [0.25, 0.3) is 0 Å². The molecule has 0 bridgehead atoms.